The predicted octanol–water partition coefficient (Wildman–Crippen LogP) is 13.0. The molecule has 0 saturated carbocycles. The van der Waals surface area contributed by atoms with E-state index >= 15 is 0 Å². The lowest BCUT2D eigenvalue weighted by atomic mass is 10.0. The molecule has 0 rings (SSSR count). The van der Waals surface area contributed by atoms with Crippen molar-refractivity contribution in [1.82, 2.24) is 0 Å². The summed E-state index contributed by atoms with van der Waals surface area (Å²) in [5.41, 5.74) is 0. The van der Waals surface area contributed by atoms with E-state index in [0.29, 0.717) is 26.1 Å². The first-order chi connectivity index (χ1) is 21.2. The fourth-order valence-corrected chi connectivity index (χ4v) is 5.83. The van der Waals surface area contributed by atoms with Gasteiger partial charge in [0, 0.05) is 12.8 Å². The quantitative estimate of drug-likeness (QED) is 0.0524. The van der Waals surface area contributed by atoms with Crippen molar-refractivity contribution in [3.63, 3.8) is 0 Å². The number of carbonyl (C=O) groups is 2. The summed E-state index contributed by atoms with van der Waals surface area (Å²) in [6.07, 6.45) is 40.8. The highest BCUT2D eigenvalue weighted by Gasteiger charge is 2.05. The second kappa shape index (κ2) is 37.1. The van der Waals surface area contributed by atoms with Crippen LogP contribution in [0.1, 0.15) is 226 Å². The Balaban J connectivity index is 3.25. The summed E-state index contributed by atoms with van der Waals surface area (Å²) in [7, 11) is 0. The SMILES string of the molecule is CCCCCCCCCCCCCCCCCC(=O)OCCCCCOC(=O)CCCCCCCCCCCCCCC. The van der Waals surface area contributed by atoms with Crippen molar-refractivity contribution in [2.75, 3.05) is 13.2 Å². The molecule has 0 aliphatic rings. The van der Waals surface area contributed by atoms with E-state index in [1.165, 1.54) is 154 Å². The van der Waals surface area contributed by atoms with Crippen LogP contribution < -0.4 is 0 Å². The standard InChI is InChI=1S/C39H76O4/c1-3-5-7-9-11-13-15-17-18-20-22-24-26-28-31-35-39(41)43-37-33-29-32-36-42-38(40)34-30-27-25-23-21-19-16-14-12-10-8-6-4-2/h3-37H2,1-2H3. The van der Waals surface area contributed by atoms with Crippen molar-refractivity contribution in [3.05, 3.63) is 0 Å². The maximum absolute atomic E-state index is 11.9. The maximum atomic E-state index is 11.9. The lowest BCUT2D eigenvalue weighted by Gasteiger charge is -2.07. The zero-order valence-electron chi connectivity index (χ0n) is 29.4. The zero-order chi connectivity index (χ0) is 31.3. The summed E-state index contributed by atoms with van der Waals surface area (Å²) in [5.74, 6) is -0.114. The first-order valence-corrected chi connectivity index (χ1v) is 19.5. The van der Waals surface area contributed by atoms with Crippen LogP contribution in [0.4, 0.5) is 0 Å². The Labute approximate surface area is 269 Å². The summed E-state index contributed by atoms with van der Waals surface area (Å²) in [6.45, 7) is 5.53. The van der Waals surface area contributed by atoms with Gasteiger partial charge in [0.1, 0.15) is 0 Å². The van der Waals surface area contributed by atoms with Gasteiger partial charge in [0.05, 0.1) is 13.2 Å². The molecule has 0 spiro atoms. The molecule has 0 aliphatic heterocycles. The summed E-state index contributed by atoms with van der Waals surface area (Å²) >= 11 is 0. The largest absolute Gasteiger partial charge is 0.466 e. The number of esters is 2. The van der Waals surface area contributed by atoms with Gasteiger partial charge in [-0.25, -0.2) is 0 Å². The Morgan fingerprint density at radius 3 is 0.767 bits per heavy atom. The van der Waals surface area contributed by atoms with Crippen LogP contribution in [0.25, 0.3) is 0 Å². The highest BCUT2D eigenvalue weighted by Crippen LogP contribution is 2.15. The van der Waals surface area contributed by atoms with E-state index < -0.39 is 0 Å². The third kappa shape index (κ3) is 37.0. The number of carbonyl (C=O) groups excluding carboxylic acids is 2. The van der Waals surface area contributed by atoms with Crippen LogP contribution in [0.3, 0.4) is 0 Å². The average Bonchev–Trinajstić information content (AvgIpc) is 3.01. The van der Waals surface area contributed by atoms with Gasteiger partial charge in [0.15, 0.2) is 0 Å². The molecule has 0 saturated heterocycles. The Kier molecular flexibility index (Phi) is 36.2. The van der Waals surface area contributed by atoms with E-state index in [1.807, 2.05) is 0 Å². The Morgan fingerprint density at radius 1 is 0.302 bits per heavy atom. The van der Waals surface area contributed by atoms with Gasteiger partial charge in [-0.15, -0.1) is 0 Å². The highest BCUT2D eigenvalue weighted by atomic mass is 16.5. The van der Waals surface area contributed by atoms with Gasteiger partial charge in [-0.1, -0.05) is 181 Å². The minimum Gasteiger partial charge on any atom is -0.466 e. The number of unbranched alkanes of at least 4 members (excludes halogenated alkanes) is 28. The minimum absolute atomic E-state index is 0.0565. The van der Waals surface area contributed by atoms with Crippen LogP contribution in [-0.4, -0.2) is 25.2 Å². The van der Waals surface area contributed by atoms with Gasteiger partial charge in [-0.3, -0.25) is 9.59 Å². The van der Waals surface area contributed by atoms with Crippen molar-refractivity contribution in [3.8, 4) is 0 Å². The molecule has 43 heavy (non-hydrogen) atoms. The van der Waals surface area contributed by atoms with Gasteiger partial charge in [0.2, 0.25) is 0 Å². The molecule has 0 unspecified atom stereocenters. The van der Waals surface area contributed by atoms with E-state index in [0.717, 1.165) is 44.9 Å². The van der Waals surface area contributed by atoms with E-state index in [1.54, 1.807) is 0 Å². The van der Waals surface area contributed by atoms with Gasteiger partial charge in [0.25, 0.3) is 0 Å². The van der Waals surface area contributed by atoms with Crippen molar-refractivity contribution in [1.29, 1.82) is 0 Å². The van der Waals surface area contributed by atoms with Crippen LogP contribution in [0, 0.1) is 0 Å². The van der Waals surface area contributed by atoms with E-state index in [-0.39, 0.29) is 11.9 Å². The smallest absolute Gasteiger partial charge is 0.305 e. The molecule has 0 aromatic carbocycles. The second-order valence-electron chi connectivity index (χ2n) is 13.2. The Bertz CT molecular complexity index is 561. The molecule has 0 aromatic heterocycles. The van der Waals surface area contributed by atoms with Crippen LogP contribution in [0.2, 0.25) is 0 Å². The molecule has 256 valence electrons. The third-order valence-electron chi connectivity index (χ3n) is 8.78. The Hall–Kier alpha value is -1.06. The molecule has 4 nitrogen and oxygen atoms in total. The molecule has 0 atom stereocenters. The van der Waals surface area contributed by atoms with Crippen molar-refractivity contribution in [2.24, 2.45) is 0 Å². The van der Waals surface area contributed by atoms with E-state index in [9.17, 15) is 9.59 Å². The fourth-order valence-electron chi connectivity index (χ4n) is 5.83. The van der Waals surface area contributed by atoms with Gasteiger partial charge in [-0.2, -0.15) is 0 Å². The minimum atomic E-state index is -0.0574. The normalized spacial score (nSPS) is 11.2. The van der Waals surface area contributed by atoms with Crippen LogP contribution >= 0.6 is 0 Å². The van der Waals surface area contributed by atoms with Crippen LogP contribution in [-0.2, 0) is 19.1 Å². The third-order valence-corrected chi connectivity index (χ3v) is 8.78. The molecule has 0 heterocycles. The fraction of sp³-hybridized carbons (Fsp3) is 0.949. The topological polar surface area (TPSA) is 52.6 Å². The lowest BCUT2D eigenvalue weighted by Crippen LogP contribution is -2.07. The monoisotopic (exact) mass is 609 g/mol. The summed E-state index contributed by atoms with van der Waals surface area (Å²) < 4.78 is 10.7. The average molecular weight is 609 g/mol. The first kappa shape index (κ1) is 41.9. The first-order valence-electron chi connectivity index (χ1n) is 19.5. The second-order valence-corrected chi connectivity index (χ2v) is 13.2. The molecule has 0 bridgehead atoms. The van der Waals surface area contributed by atoms with Crippen LogP contribution in [0.5, 0.6) is 0 Å². The van der Waals surface area contributed by atoms with Crippen molar-refractivity contribution < 1.29 is 19.1 Å². The summed E-state index contributed by atoms with van der Waals surface area (Å²) in [5, 5.41) is 0. The summed E-state index contributed by atoms with van der Waals surface area (Å²) in [6, 6.07) is 0. The molecule has 0 radical (unpaired) electrons. The van der Waals surface area contributed by atoms with Gasteiger partial charge >= 0.3 is 11.9 Å². The molecular formula is C39H76O4. The zero-order valence-corrected chi connectivity index (χ0v) is 29.4. The maximum Gasteiger partial charge on any atom is 0.305 e. The number of hydrogen-bond acceptors (Lipinski definition) is 4. The number of rotatable bonds is 36. The lowest BCUT2D eigenvalue weighted by molar-refractivity contribution is -0.144. The molecule has 0 N–H and O–H groups in total. The molecule has 0 aliphatic carbocycles. The molecule has 4 heteroatoms. The van der Waals surface area contributed by atoms with Crippen molar-refractivity contribution >= 4 is 11.9 Å². The van der Waals surface area contributed by atoms with E-state index in [4.69, 9.17) is 9.47 Å². The number of ether oxygens (including phenoxy) is 2. The van der Waals surface area contributed by atoms with Gasteiger partial charge < -0.3 is 9.47 Å². The number of hydrogen-bond donors (Lipinski definition) is 0. The van der Waals surface area contributed by atoms with Crippen molar-refractivity contribution in [2.45, 2.75) is 226 Å². The molecule has 0 amide bonds. The van der Waals surface area contributed by atoms with Gasteiger partial charge in [-0.05, 0) is 32.1 Å². The highest BCUT2D eigenvalue weighted by molar-refractivity contribution is 5.69. The summed E-state index contributed by atoms with van der Waals surface area (Å²) in [4.78, 5) is 23.8. The van der Waals surface area contributed by atoms with E-state index in [2.05, 4.69) is 13.8 Å². The van der Waals surface area contributed by atoms with Crippen LogP contribution in [0.15, 0.2) is 0 Å². The molecule has 0 aromatic rings. The predicted molar refractivity (Wildman–Crippen MR) is 186 cm³/mol. The Morgan fingerprint density at radius 2 is 0.512 bits per heavy atom. The molecular weight excluding hydrogens is 532 g/mol. The molecule has 0 fully saturated rings.